The lowest BCUT2D eigenvalue weighted by Gasteiger charge is -2.17. The van der Waals surface area contributed by atoms with Crippen molar-refractivity contribution in [3.8, 4) is 11.1 Å². The number of urea groups is 1. The standard InChI is InChI=1S/C25H25FN6O4/c1-13-20(33)21(34)24(36-13)32-11-18(15-4-2-14(3-5-15)10-28-25(27)35)19-22(29-12-30-23(19)32)31-17-8-6-16(26)7-9-17/h2-9,11-13,20-21,24,33-34H,10H2,1H3,(H3,27,28,35)(H,29,30,31)/t13-,20-,21-,24-/m1/s1. The summed E-state index contributed by atoms with van der Waals surface area (Å²) in [6, 6.07) is 12.8. The summed E-state index contributed by atoms with van der Waals surface area (Å²) in [6.45, 7) is 1.98. The van der Waals surface area contributed by atoms with Gasteiger partial charge >= 0.3 is 6.03 Å². The third-order valence-corrected chi connectivity index (χ3v) is 6.20. The normalized spacial score (nSPS) is 21.6. The number of ether oxygens (including phenoxy) is 1. The maximum absolute atomic E-state index is 13.4. The summed E-state index contributed by atoms with van der Waals surface area (Å²) in [4.78, 5) is 19.9. The van der Waals surface area contributed by atoms with Crippen molar-refractivity contribution in [2.75, 3.05) is 5.32 Å². The van der Waals surface area contributed by atoms with Gasteiger partial charge in [-0.3, -0.25) is 0 Å². The van der Waals surface area contributed by atoms with Crippen molar-refractivity contribution >= 4 is 28.6 Å². The van der Waals surface area contributed by atoms with Crippen LogP contribution in [0.5, 0.6) is 0 Å². The summed E-state index contributed by atoms with van der Waals surface area (Å²) >= 11 is 0. The second-order valence-corrected chi connectivity index (χ2v) is 8.63. The van der Waals surface area contributed by atoms with Gasteiger partial charge in [0.2, 0.25) is 0 Å². The smallest absolute Gasteiger partial charge is 0.312 e. The molecule has 1 aliphatic heterocycles. The van der Waals surface area contributed by atoms with Gasteiger partial charge in [-0.1, -0.05) is 24.3 Å². The average molecular weight is 493 g/mol. The van der Waals surface area contributed by atoms with Crippen LogP contribution >= 0.6 is 0 Å². The summed E-state index contributed by atoms with van der Waals surface area (Å²) in [6.07, 6.45) is -0.458. The van der Waals surface area contributed by atoms with Gasteiger partial charge in [0.25, 0.3) is 0 Å². The van der Waals surface area contributed by atoms with Crippen molar-refractivity contribution in [1.82, 2.24) is 19.9 Å². The zero-order chi connectivity index (χ0) is 25.4. The number of nitrogens with zero attached hydrogens (tertiary/aromatic N) is 3. The predicted molar refractivity (Wildman–Crippen MR) is 131 cm³/mol. The molecule has 0 saturated carbocycles. The maximum atomic E-state index is 13.4. The number of aliphatic hydroxyl groups is 2. The van der Waals surface area contributed by atoms with Crippen LogP contribution in [0.3, 0.4) is 0 Å². The number of aromatic nitrogens is 3. The maximum Gasteiger partial charge on any atom is 0.312 e. The van der Waals surface area contributed by atoms with E-state index in [-0.39, 0.29) is 12.4 Å². The Balaban J connectivity index is 1.61. The van der Waals surface area contributed by atoms with Crippen molar-refractivity contribution in [3.63, 3.8) is 0 Å². The molecular formula is C25H25FN6O4. The third-order valence-electron chi connectivity index (χ3n) is 6.20. The summed E-state index contributed by atoms with van der Waals surface area (Å²) in [5, 5.41) is 27.4. The zero-order valence-corrected chi connectivity index (χ0v) is 19.3. The van der Waals surface area contributed by atoms with Crippen LogP contribution in [0.15, 0.2) is 61.1 Å². The van der Waals surface area contributed by atoms with Gasteiger partial charge in [-0.05, 0) is 42.3 Å². The summed E-state index contributed by atoms with van der Waals surface area (Å²) in [5.74, 6) is 0.118. The van der Waals surface area contributed by atoms with Gasteiger partial charge in [0, 0.05) is 24.0 Å². The first kappa shape index (κ1) is 23.7. The Labute approximate surface area is 205 Å². The van der Waals surface area contributed by atoms with E-state index in [1.165, 1.54) is 18.5 Å². The van der Waals surface area contributed by atoms with Gasteiger partial charge in [-0.2, -0.15) is 0 Å². The van der Waals surface area contributed by atoms with Gasteiger partial charge in [-0.15, -0.1) is 0 Å². The highest BCUT2D eigenvalue weighted by molar-refractivity contribution is 6.02. The first-order valence-electron chi connectivity index (χ1n) is 11.3. The molecule has 1 saturated heterocycles. The van der Waals surface area contributed by atoms with E-state index in [4.69, 9.17) is 10.5 Å². The van der Waals surface area contributed by atoms with Crippen molar-refractivity contribution in [2.24, 2.45) is 5.73 Å². The van der Waals surface area contributed by atoms with Gasteiger partial charge in [0.15, 0.2) is 6.23 Å². The fourth-order valence-corrected chi connectivity index (χ4v) is 4.31. The molecule has 5 rings (SSSR count). The van der Waals surface area contributed by atoms with Gasteiger partial charge in [0.05, 0.1) is 11.5 Å². The molecule has 1 fully saturated rings. The fraction of sp³-hybridized carbons (Fsp3) is 0.240. The molecule has 3 heterocycles. The first-order chi connectivity index (χ1) is 17.3. The summed E-state index contributed by atoms with van der Waals surface area (Å²) in [7, 11) is 0. The van der Waals surface area contributed by atoms with E-state index >= 15 is 0 Å². The topological polar surface area (TPSA) is 148 Å². The number of nitrogens with one attached hydrogen (secondary N) is 2. The minimum Gasteiger partial charge on any atom is -0.388 e. The minimum atomic E-state index is -1.16. The van der Waals surface area contributed by atoms with Crippen molar-refractivity contribution in [2.45, 2.75) is 38.0 Å². The molecule has 10 nitrogen and oxygen atoms in total. The number of carbonyl (C=O) groups excluding carboxylic acids is 1. The summed E-state index contributed by atoms with van der Waals surface area (Å²) in [5.41, 5.74) is 8.69. The lowest BCUT2D eigenvalue weighted by molar-refractivity contribution is -0.0295. The van der Waals surface area contributed by atoms with Crippen LogP contribution in [0.4, 0.5) is 20.7 Å². The van der Waals surface area contributed by atoms with E-state index in [9.17, 15) is 19.4 Å². The molecular weight excluding hydrogens is 467 g/mol. The van der Waals surface area contributed by atoms with Crippen LogP contribution in [0.1, 0.15) is 18.7 Å². The molecule has 6 N–H and O–H groups in total. The van der Waals surface area contributed by atoms with Gasteiger partial charge in [0.1, 0.15) is 35.8 Å². The molecule has 36 heavy (non-hydrogen) atoms. The quantitative estimate of drug-likeness (QED) is 0.278. The Bertz CT molecular complexity index is 1390. The molecule has 1 aliphatic rings. The fourth-order valence-electron chi connectivity index (χ4n) is 4.31. The molecule has 0 unspecified atom stereocenters. The van der Waals surface area contributed by atoms with Crippen LogP contribution in [-0.2, 0) is 11.3 Å². The van der Waals surface area contributed by atoms with E-state index in [1.807, 2.05) is 24.3 Å². The highest BCUT2D eigenvalue weighted by Gasteiger charge is 2.42. The zero-order valence-electron chi connectivity index (χ0n) is 19.3. The van der Waals surface area contributed by atoms with Crippen LogP contribution in [-0.4, -0.2) is 49.1 Å². The van der Waals surface area contributed by atoms with E-state index in [2.05, 4.69) is 20.6 Å². The van der Waals surface area contributed by atoms with E-state index < -0.39 is 30.6 Å². The highest BCUT2D eigenvalue weighted by atomic mass is 19.1. The van der Waals surface area contributed by atoms with Crippen LogP contribution < -0.4 is 16.4 Å². The molecule has 186 valence electrons. The number of nitrogens with two attached hydrogens (primary N) is 1. The number of fused-ring (bicyclic) bond motifs is 1. The van der Waals surface area contributed by atoms with Crippen molar-refractivity contribution in [1.29, 1.82) is 0 Å². The molecule has 0 radical (unpaired) electrons. The first-order valence-corrected chi connectivity index (χ1v) is 11.3. The van der Waals surface area contributed by atoms with Crippen LogP contribution in [0, 0.1) is 5.82 Å². The second kappa shape index (κ2) is 9.53. The Hall–Kier alpha value is -4.06. The molecule has 0 aliphatic carbocycles. The molecule has 11 heteroatoms. The van der Waals surface area contributed by atoms with E-state index in [0.717, 1.165) is 16.7 Å². The van der Waals surface area contributed by atoms with Crippen LogP contribution in [0.25, 0.3) is 22.2 Å². The lowest BCUT2D eigenvalue weighted by atomic mass is 10.0. The number of anilines is 2. The van der Waals surface area contributed by atoms with E-state index in [1.54, 1.807) is 29.8 Å². The third kappa shape index (κ3) is 4.47. The average Bonchev–Trinajstić information content (AvgIpc) is 3.38. The SMILES string of the molecule is C[C@H]1O[C@@H](n2cc(-c3ccc(CNC(N)=O)cc3)c3c(Nc4ccc(F)cc4)ncnc32)[C@H](O)[C@@H]1O. The number of benzene rings is 2. The number of hydrogen-bond acceptors (Lipinski definition) is 7. The van der Waals surface area contributed by atoms with Crippen molar-refractivity contribution < 1.29 is 24.1 Å². The molecule has 2 amide bonds. The van der Waals surface area contributed by atoms with E-state index in [0.29, 0.717) is 22.5 Å². The number of amides is 2. The number of hydrogen-bond donors (Lipinski definition) is 5. The second-order valence-electron chi connectivity index (χ2n) is 8.63. The number of primary amides is 1. The molecule has 0 spiro atoms. The number of carbonyl (C=O) groups is 1. The summed E-state index contributed by atoms with van der Waals surface area (Å²) < 4.78 is 21.0. The Kier molecular flexibility index (Phi) is 6.27. The molecule has 2 aromatic heterocycles. The number of aliphatic hydroxyl groups excluding tert-OH is 2. The highest BCUT2D eigenvalue weighted by Crippen LogP contribution is 2.39. The largest absolute Gasteiger partial charge is 0.388 e. The number of halogens is 1. The minimum absolute atomic E-state index is 0.287. The van der Waals surface area contributed by atoms with Crippen LogP contribution in [0.2, 0.25) is 0 Å². The van der Waals surface area contributed by atoms with Gasteiger partial charge < -0.3 is 35.9 Å². The molecule has 2 aromatic carbocycles. The lowest BCUT2D eigenvalue weighted by Crippen LogP contribution is -2.30. The molecule has 4 atom stereocenters. The number of rotatable bonds is 6. The Morgan fingerprint density at radius 2 is 1.83 bits per heavy atom. The Morgan fingerprint density at radius 1 is 1.11 bits per heavy atom. The molecule has 0 bridgehead atoms. The Morgan fingerprint density at radius 3 is 2.47 bits per heavy atom. The monoisotopic (exact) mass is 492 g/mol. The predicted octanol–water partition coefficient (Wildman–Crippen LogP) is 2.79. The van der Waals surface area contributed by atoms with Crippen molar-refractivity contribution in [3.05, 3.63) is 72.4 Å². The molecule has 4 aromatic rings. The van der Waals surface area contributed by atoms with Gasteiger partial charge in [-0.25, -0.2) is 19.2 Å².